The van der Waals surface area contributed by atoms with Gasteiger partial charge < -0.3 is 5.32 Å². The van der Waals surface area contributed by atoms with E-state index in [1.807, 2.05) is 17.9 Å². The third-order valence-corrected chi connectivity index (χ3v) is 4.49. The second-order valence-electron chi connectivity index (χ2n) is 5.70. The van der Waals surface area contributed by atoms with E-state index in [4.69, 9.17) is 4.98 Å². The SMILES string of the molecule is CC(C)NCC1CCc2nc(-c3cncs3)ncc2C1. The number of nitrogens with zero attached hydrogens (tertiary/aromatic N) is 3. The Morgan fingerprint density at radius 1 is 1.40 bits per heavy atom. The van der Waals surface area contributed by atoms with Gasteiger partial charge in [0.15, 0.2) is 5.82 Å². The summed E-state index contributed by atoms with van der Waals surface area (Å²) in [5.41, 5.74) is 4.37. The summed E-state index contributed by atoms with van der Waals surface area (Å²) in [5.74, 6) is 1.53. The second kappa shape index (κ2) is 5.97. The molecule has 0 saturated carbocycles. The van der Waals surface area contributed by atoms with Crippen molar-refractivity contribution in [2.75, 3.05) is 6.54 Å². The van der Waals surface area contributed by atoms with Gasteiger partial charge in [-0.15, -0.1) is 11.3 Å². The maximum atomic E-state index is 4.72. The molecule has 5 heteroatoms. The molecular formula is C15H20N4S. The molecule has 0 fully saturated rings. The van der Waals surface area contributed by atoms with E-state index >= 15 is 0 Å². The molecule has 1 atom stereocenters. The molecule has 0 saturated heterocycles. The molecule has 0 aliphatic heterocycles. The maximum Gasteiger partial charge on any atom is 0.171 e. The Hall–Kier alpha value is -1.33. The lowest BCUT2D eigenvalue weighted by Crippen LogP contribution is -2.32. The summed E-state index contributed by atoms with van der Waals surface area (Å²) in [5, 5.41) is 3.53. The van der Waals surface area contributed by atoms with Crippen LogP contribution in [0.4, 0.5) is 0 Å². The van der Waals surface area contributed by atoms with Crippen LogP contribution in [-0.2, 0) is 12.8 Å². The van der Waals surface area contributed by atoms with E-state index in [9.17, 15) is 0 Å². The molecule has 2 aromatic heterocycles. The van der Waals surface area contributed by atoms with Crippen molar-refractivity contribution < 1.29 is 0 Å². The van der Waals surface area contributed by atoms with E-state index in [-0.39, 0.29) is 0 Å². The Morgan fingerprint density at radius 2 is 2.30 bits per heavy atom. The first-order chi connectivity index (χ1) is 9.72. The lowest BCUT2D eigenvalue weighted by atomic mass is 9.87. The molecule has 0 radical (unpaired) electrons. The molecule has 2 heterocycles. The molecule has 1 unspecified atom stereocenters. The highest BCUT2D eigenvalue weighted by Gasteiger charge is 2.21. The minimum atomic E-state index is 0.557. The summed E-state index contributed by atoms with van der Waals surface area (Å²) in [4.78, 5) is 14.4. The lowest BCUT2D eigenvalue weighted by molar-refractivity contribution is 0.403. The number of thiazole rings is 1. The van der Waals surface area contributed by atoms with Crippen LogP contribution in [0.1, 0.15) is 31.5 Å². The Balaban J connectivity index is 1.72. The van der Waals surface area contributed by atoms with E-state index in [0.29, 0.717) is 12.0 Å². The highest BCUT2D eigenvalue weighted by Crippen LogP contribution is 2.26. The van der Waals surface area contributed by atoms with Crippen LogP contribution in [0.5, 0.6) is 0 Å². The topological polar surface area (TPSA) is 50.7 Å². The van der Waals surface area contributed by atoms with Crippen LogP contribution in [0.2, 0.25) is 0 Å². The molecule has 0 bridgehead atoms. The zero-order valence-electron chi connectivity index (χ0n) is 12.0. The first-order valence-electron chi connectivity index (χ1n) is 7.19. The zero-order chi connectivity index (χ0) is 13.9. The monoisotopic (exact) mass is 288 g/mol. The number of fused-ring (bicyclic) bond motifs is 1. The third-order valence-electron chi connectivity index (χ3n) is 3.72. The van der Waals surface area contributed by atoms with Gasteiger partial charge in [0.1, 0.15) is 0 Å². The van der Waals surface area contributed by atoms with Crippen LogP contribution in [0.3, 0.4) is 0 Å². The van der Waals surface area contributed by atoms with E-state index in [1.165, 1.54) is 17.7 Å². The van der Waals surface area contributed by atoms with Crippen LogP contribution in [0, 0.1) is 5.92 Å². The molecular weight excluding hydrogens is 268 g/mol. The lowest BCUT2D eigenvalue weighted by Gasteiger charge is -2.25. The van der Waals surface area contributed by atoms with Crippen molar-refractivity contribution in [3.8, 4) is 10.7 Å². The van der Waals surface area contributed by atoms with Gasteiger partial charge in [-0.25, -0.2) is 9.97 Å². The average Bonchev–Trinajstić information content (AvgIpc) is 2.98. The van der Waals surface area contributed by atoms with Gasteiger partial charge >= 0.3 is 0 Å². The molecule has 4 nitrogen and oxygen atoms in total. The normalized spacial score (nSPS) is 18.2. The Labute approximate surface area is 123 Å². The summed E-state index contributed by atoms with van der Waals surface area (Å²) in [6, 6.07) is 0.557. The fourth-order valence-electron chi connectivity index (χ4n) is 2.60. The number of aryl methyl sites for hydroxylation is 1. The van der Waals surface area contributed by atoms with Gasteiger partial charge in [-0.1, -0.05) is 13.8 Å². The molecule has 0 amide bonds. The van der Waals surface area contributed by atoms with Crippen LogP contribution < -0.4 is 5.32 Å². The Kier molecular flexibility index (Phi) is 4.08. The third kappa shape index (κ3) is 3.04. The van der Waals surface area contributed by atoms with Crippen molar-refractivity contribution in [1.82, 2.24) is 20.3 Å². The van der Waals surface area contributed by atoms with Crippen molar-refractivity contribution in [1.29, 1.82) is 0 Å². The van der Waals surface area contributed by atoms with Crippen molar-refractivity contribution in [3.63, 3.8) is 0 Å². The molecule has 0 spiro atoms. The summed E-state index contributed by atoms with van der Waals surface area (Å²) < 4.78 is 0. The molecule has 3 rings (SSSR count). The summed E-state index contributed by atoms with van der Waals surface area (Å²) in [6.45, 7) is 5.48. The average molecular weight is 288 g/mol. The number of hydrogen-bond acceptors (Lipinski definition) is 5. The minimum Gasteiger partial charge on any atom is -0.314 e. The van der Waals surface area contributed by atoms with Gasteiger partial charge in [0.05, 0.1) is 10.4 Å². The Bertz CT molecular complexity index is 565. The summed E-state index contributed by atoms with van der Waals surface area (Å²) in [6.07, 6.45) is 7.22. The van der Waals surface area contributed by atoms with Crippen LogP contribution in [-0.4, -0.2) is 27.5 Å². The van der Waals surface area contributed by atoms with Gasteiger partial charge in [0.25, 0.3) is 0 Å². The van der Waals surface area contributed by atoms with Crippen LogP contribution in [0.15, 0.2) is 17.9 Å². The molecule has 20 heavy (non-hydrogen) atoms. The molecule has 1 aliphatic carbocycles. The van der Waals surface area contributed by atoms with Crippen LogP contribution >= 0.6 is 11.3 Å². The quantitative estimate of drug-likeness (QED) is 0.940. The zero-order valence-corrected chi connectivity index (χ0v) is 12.8. The van der Waals surface area contributed by atoms with Gasteiger partial charge in [-0.05, 0) is 37.3 Å². The highest BCUT2D eigenvalue weighted by atomic mass is 32.1. The van der Waals surface area contributed by atoms with Crippen molar-refractivity contribution >= 4 is 11.3 Å². The predicted molar refractivity (Wildman–Crippen MR) is 81.8 cm³/mol. The first kappa shape index (κ1) is 13.6. The van der Waals surface area contributed by atoms with Crippen molar-refractivity contribution in [2.45, 2.75) is 39.2 Å². The fraction of sp³-hybridized carbons (Fsp3) is 0.533. The van der Waals surface area contributed by atoms with Gasteiger partial charge in [-0.3, -0.25) is 4.98 Å². The molecule has 0 aromatic carbocycles. The van der Waals surface area contributed by atoms with E-state index < -0.39 is 0 Å². The van der Waals surface area contributed by atoms with E-state index in [0.717, 1.165) is 30.1 Å². The fourth-order valence-corrected chi connectivity index (χ4v) is 3.17. The van der Waals surface area contributed by atoms with Gasteiger partial charge in [0, 0.05) is 24.1 Å². The molecule has 1 aliphatic rings. The highest BCUT2D eigenvalue weighted by molar-refractivity contribution is 7.13. The largest absolute Gasteiger partial charge is 0.314 e. The second-order valence-corrected chi connectivity index (χ2v) is 6.59. The molecule has 2 aromatic rings. The summed E-state index contributed by atoms with van der Waals surface area (Å²) >= 11 is 1.59. The predicted octanol–water partition coefficient (Wildman–Crippen LogP) is 2.70. The standard InChI is InChI=1S/C15H20N4S/c1-10(2)17-6-11-3-4-13-12(5-11)7-18-15(19-13)14-8-16-9-20-14/h7-11,17H,3-6H2,1-2H3. The van der Waals surface area contributed by atoms with Crippen molar-refractivity contribution in [3.05, 3.63) is 29.2 Å². The maximum absolute atomic E-state index is 4.72. The first-order valence-corrected chi connectivity index (χ1v) is 8.07. The smallest absolute Gasteiger partial charge is 0.171 e. The number of rotatable bonds is 4. The van der Waals surface area contributed by atoms with Crippen molar-refractivity contribution in [2.24, 2.45) is 5.92 Å². The Morgan fingerprint density at radius 3 is 3.05 bits per heavy atom. The number of aromatic nitrogens is 3. The van der Waals surface area contributed by atoms with E-state index in [1.54, 1.807) is 11.3 Å². The van der Waals surface area contributed by atoms with E-state index in [2.05, 4.69) is 29.1 Å². The van der Waals surface area contributed by atoms with Crippen LogP contribution in [0.25, 0.3) is 10.7 Å². The van der Waals surface area contributed by atoms with Gasteiger partial charge in [-0.2, -0.15) is 0 Å². The number of hydrogen-bond donors (Lipinski definition) is 1. The molecule has 1 N–H and O–H groups in total. The molecule has 106 valence electrons. The minimum absolute atomic E-state index is 0.557. The number of nitrogens with one attached hydrogen (secondary N) is 1. The van der Waals surface area contributed by atoms with Gasteiger partial charge in [0.2, 0.25) is 0 Å². The summed E-state index contributed by atoms with van der Waals surface area (Å²) in [7, 11) is 0.